The summed E-state index contributed by atoms with van der Waals surface area (Å²) >= 11 is 0. The summed E-state index contributed by atoms with van der Waals surface area (Å²) in [5, 5.41) is 18.2. The highest BCUT2D eigenvalue weighted by atomic mass is 16.5. The normalized spacial score (nSPS) is 11.6. The molecule has 0 heterocycles. The first-order valence-electron chi connectivity index (χ1n) is 6.09. The third-order valence-electron chi connectivity index (χ3n) is 2.83. The summed E-state index contributed by atoms with van der Waals surface area (Å²) in [5.41, 5.74) is 2.47. The van der Waals surface area contributed by atoms with E-state index in [1.807, 2.05) is 36.4 Å². The van der Waals surface area contributed by atoms with Crippen LogP contribution in [0.15, 0.2) is 48.5 Å². The SMILES string of the molecule is CC(O)c1cccc(OCc2ccc(C#N)cc2)c1. The van der Waals surface area contributed by atoms with E-state index in [2.05, 4.69) is 6.07 Å². The molecular formula is C16H15NO2. The zero-order chi connectivity index (χ0) is 13.7. The number of hydrogen-bond donors (Lipinski definition) is 1. The van der Waals surface area contributed by atoms with Gasteiger partial charge in [0.1, 0.15) is 12.4 Å². The van der Waals surface area contributed by atoms with Crippen LogP contribution in [0.5, 0.6) is 5.75 Å². The van der Waals surface area contributed by atoms with Gasteiger partial charge in [-0.1, -0.05) is 24.3 Å². The molecule has 0 aliphatic carbocycles. The lowest BCUT2D eigenvalue weighted by Crippen LogP contribution is -1.97. The van der Waals surface area contributed by atoms with Crippen LogP contribution in [0.1, 0.15) is 29.7 Å². The van der Waals surface area contributed by atoms with Gasteiger partial charge in [0.05, 0.1) is 17.7 Å². The van der Waals surface area contributed by atoms with Crippen molar-refractivity contribution in [2.45, 2.75) is 19.6 Å². The average molecular weight is 253 g/mol. The fraction of sp³-hybridized carbons (Fsp3) is 0.188. The predicted molar refractivity (Wildman–Crippen MR) is 72.6 cm³/mol. The maximum Gasteiger partial charge on any atom is 0.120 e. The molecule has 19 heavy (non-hydrogen) atoms. The number of aliphatic hydroxyl groups is 1. The van der Waals surface area contributed by atoms with Crippen molar-refractivity contribution in [2.75, 3.05) is 0 Å². The Morgan fingerprint density at radius 3 is 2.58 bits per heavy atom. The van der Waals surface area contributed by atoms with Crippen molar-refractivity contribution in [1.29, 1.82) is 5.26 Å². The van der Waals surface area contributed by atoms with Gasteiger partial charge in [-0.2, -0.15) is 5.26 Å². The summed E-state index contributed by atoms with van der Waals surface area (Å²) < 4.78 is 5.66. The molecule has 2 aromatic carbocycles. The fourth-order valence-corrected chi connectivity index (χ4v) is 1.71. The third kappa shape index (κ3) is 3.57. The zero-order valence-corrected chi connectivity index (χ0v) is 10.7. The van der Waals surface area contributed by atoms with Gasteiger partial charge in [-0.25, -0.2) is 0 Å². The minimum Gasteiger partial charge on any atom is -0.489 e. The van der Waals surface area contributed by atoms with Crippen molar-refractivity contribution in [2.24, 2.45) is 0 Å². The van der Waals surface area contributed by atoms with Gasteiger partial charge < -0.3 is 9.84 Å². The highest BCUT2D eigenvalue weighted by Crippen LogP contribution is 2.19. The lowest BCUT2D eigenvalue weighted by atomic mass is 10.1. The molecule has 0 aliphatic heterocycles. The number of nitriles is 1. The van der Waals surface area contributed by atoms with E-state index in [-0.39, 0.29) is 0 Å². The molecule has 96 valence electrons. The Morgan fingerprint density at radius 2 is 1.95 bits per heavy atom. The van der Waals surface area contributed by atoms with E-state index in [1.165, 1.54) is 0 Å². The van der Waals surface area contributed by atoms with E-state index in [9.17, 15) is 5.11 Å². The van der Waals surface area contributed by atoms with E-state index < -0.39 is 6.10 Å². The van der Waals surface area contributed by atoms with Gasteiger partial charge in [0.2, 0.25) is 0 Å². The fourth-order valence-electron chi connectivity index (χ4n) is 1.71. The summed E-state index contributed by atoms with van der Waals surface area (Å²) in [6.07, 6.45) is -0.501. The molecule has 0 aliphatic rings. The molecule has 1 unspecified atom stereocenters. The maximum atomic E-state index is 9.50. The Labute approximate surface area is 112 Å². The molecule has 0 spiro atoms. The highest BCUT2D eigenvalue weighted by Gasteiger charge is 2.02. The molecule has 3 nitrogen and oxygen atoms in total. The second-order valence-electron chi connectivity index (χ2n) is 4.35. The van der Waals surface area contributed by atoms with Crippen molar-refractivity contribution in [3.05, 3.63) is 65.2 Å². The van der Waals surface area contributed by atoms with Crippen molar-refractivity contribution >= 4 is 0 Å². The molecule has 0 amide bonds. The summed E-state index contributed by atoms with van der Waals surface area (Å²) in [4.78, 5) is 0. The Kier molecular flexibility index (Phi) is 4.17. The van der Waals surface area contributed by atoms with Crippen LogP contribution >= 0.6 is 0 Å². The number of hydrogen-bond acceptors (Lipinski definition) is 3. The standard InChI is InChI=1S/C16H15NO2/c1-12(18)15-3-2-4-16(9-15)19-11-14-7-5-13(10-17)6-8-14/h2-9,12,18H,11H2,1H3. The van der Waals surface area contributed by atoms with Gasteiger partial charge >= 0.3 is 0 Å². The number of nitrogens with zero attached hydrogens (tertiary/aromatic N) is 1. The van der Waals surface area contributed by atoms with E-state index >= 15 is 0 Å². The quantitative estimate of drug-likeness (QED) is 0.910. The van der Waals surface area contributed by atoms with Gasteiger partial charge in [0, 0.05) is 0 Å². The zero-order valence-electron chi connectivity index (χ0n) is 10.7. The molecule has 0 saturated heterocycles. The molecule has 0 bridgehead atoms. The second-order valence-corrected chi connectivity index (χ2v) is 4.35. The van der Waals surface area contributed by atoms with Crippen molar-refractivity contribution in [3.63, 3.8) is 0 Å². The van der Waals surface area contributed by atoms with E-state index in [1.54, 1.807) is 19.1 Å². The summed E-state index contributed by atoms with van der Waals surface area (Å²) in [6, 6.07) is 16.8. The predicted octanol–water partition coefficient (Wildman–Crippen LogP) is 3.19. The smallest absolute Gasteiger partial charge is 0.120 e. The van der Waals surface area contributed by atoms with Crippen LogP contribution in [0, 0.1) is 11.3 Å². The first-order valence-corrected chi connectivity index (χ1v) is 6.09. The molecular weight excluding hydrogens is 238 g/mol. The summed E-state index contributed by atoms with van der Waals surface area (Å²) in [7, 11) is 0. The van der Waals surface area contributed by atoms with Crippen LogP contribution in [0.25, 0.3) is 0 Å². The van der Waals surface area contributed by atoms with Crippen LogP contribution in [0.2, 0.25) is 0 Å². The van der Waals surface area contributed by atoms with E-state index in [0.717, 1.165) is 16.9 Å². The van der Waals surface area contributed by atoms with Crippen LogP contribution in [0.3, 0.4) is 0 Å². The lowest BCUT2D eigenvalue weighted by Gasteiger charge is -2.09. The van der Waals surface area contributed by atoms with Crippen LogP contribution in [-0.4, -0.2) is 5.11 Å². The molecule has 0 aromatic heterocycles. The van der Waals surface area contributed by atoms with Crippen molar-refractivity contribution in [1.82, 2.24) is 0 Å². The molecule has 2 aromatic rings. The van der Waals surface area contributed by atoms with Gasteiger partial charge in [-0.15, -0.1) is 0 Å². The molecule has 1 N–H and O–H groups in total. The lowest BCUT2D eigenvalue weighted by molar-refractivity contribution is 0.198. The maximum absolute atomic E-state index is 9.50. The minimum absolute atomic E-state index is 0.439. The minimum atomic E-state index is -0.501. The third-order valence-corrected chi connectivity index (χ3v) is 2.83. The van der Waals surface area contributed by atoms with Gasteiger partial charge in [0.25, 0.3) is 0 Å². The van der Waals surface area contributed by atoms with Gasteiger partial charge in [-0.05, 0) is 42.3 Å². The first-order chi connectivity index (χ1) is 9.19. The average Bonchev–Trinajstić information content (AvgIpc) is 2.46. The molecule has 0 radical (unpaired) electrons. The van der Waals surface area contributed by atoms with Gasteiger partial charge in [-0.3, -0.25) is 0 Å². The Hall–Kier alpha value is -2.31. The monoisotopic (exact) mass is 253 g/mol. The van der Waals surface area contributed by atoms with Crippen LogP contribution < -0.4 is 4.74 Å². The number of aliphatic hydroxyl groups excluding tert-OH is 1. The molecule has 1 atom stereocenters. The largest absolute Gasteiger partial charge is 0.489 e. The topological polar surface area (TPSA) is 53.2 Å². The van der Waals surface area contributed by atoms with Crippen LogP contribution in [0.4, 0.5) is 0 Å². The Balaban J connectivity index is 2.02. The second kappa shape index (κ2) is 6.03. The highest BCUT2D eigenvalue weighted by molar-refractivity contribution is 5.32. The van der Waals surface area contributed by atoms with Gasteiger partial charge in [0.15, 0.2) is 0 Å². The molecule has 2 rings (SSSR count). The summed E-state index contributed by atoms with van der Waals surface area (Å²) in [5.74, 6) is 0.725. The number of benzene rings is 2. The van der Waals surface area contributed by atoms with Crippen molar-refractivity contribution in [3.8, 4) is 11.8 Å². The Bertz CT molecular complexity index is 582. The number of rotatable bonds is 4. The Morgan fingerprint density at radius 1 is 1.21 bits per heavy atom. The van der Waals surface area contributed by atoms with E-state index in [0.29, 0.717) is 12.2 Å². The molecule has 0 saturated carbocycles. The van der Waals surface area contributed by atoms with Crippen LogP contribution in [-0.2, 0) is 6.61 Å². The van der Waals surface area contributed by atoms with Crippen molar-refractivity contribution < 1.29 is 9.84 Å². The summed E-state index contributed by atoms with van der Waals surface area (Å²) in [6.45, 7) is 2.16. The van der Waals surface area contributed by atoms with E-state index in [4.69, 9.17) is 10.00 Å². The molecule has 3 heteroatoms. The molecule has 0 fully saturated rings. The number of ether oxygens (including phenoxy) is 1. The first kappa shape index (κ1) is 13.1.